The van der Waals surface area contributed by atoms with Crippen molar-refractivity contribution in [3.8, 4) is 0 Å². The van der Waals surface area contributed by atoms with Crippen LogP contribution in [0.4, 0.5) is 16.2 Å². The highest BCUT2D eigenvalue weighted by Gasteiger charge is 2.24. The predicted octanol–water partition coefficient (Wildman–Crippen LogP) is 4.44. The van der Waals surface area contributed by atoms with Crippen molar-refractivity contribution in [3.05, 3.63) is 60.7 Å². The van der Waals surface area contributed by atoms with Gasteiger partial charge in [0.15, 0.2) is 0 Å². The molecule has 2 atom stereocenters. The van der Waals surface area contributed by atoms with Crippen molar-refractivity contribution in [3.63, 3.8) is 0 Å². The number of aliphatic carboxylic acids is 1. The molecule has 1 aliphatic rings. The van der Waals surface area contributed by atoms with Crippen molar-refractivity contribution < 1.29 is 19.4 Å². The molecule has 0 bridgehead atoms. The zero-order valence-electron chi connectivity index (χ0n) is 16.5. The summed E-state index contributed by atoms with van der Waals surface area (Å²) in [7, 11) is 0. The minimum absolute atomic E-state index is 0.147. The maximum Gasteiger partial charge on any atom is 0.329 e. The van der Waals surface area contributed by atoms with E-state index in [-0.39, 0.29) is 12.6 Å². The Morgan fingerprint density at radius 3 is 2.14 bits per heavy atom. The molecule has 6 nitrogen and oxygen atoms in total. The number of hydrogen-bond donors (Lipinski definition) is 2. The largest absolute Gasteiger partial charge is 0.480 e. The first-order chi connectivity index (χ1) is 14.1. The molecule has 154 valence electrons. The molecule has 1 aliphatic carbocycles. The van der Waals surface area contributed by atoms with E-state index < -0.39 is 5.97 Å². The number of ether oxygens (including phenoxy) is 1. The van der Waals surface area contributed by atoms with Crippen LogP contribution in [0.25, 0.3) is 0 Å². The molecule has 1 fully saturated rings. The molecular formula is C23H28N2O4. The van der Waals surface area contributed by atoms with E-state index in [4.69, 9.17) is 9.84 Å². The molecule has 1 saturated carbocycles. The molecule has 2 aromatic rings. The van der Waals surface area contributed by atoms with Crippen molar-refractivity contribution in [2.75, 3.05) is 24.7 Å². The maximum absolute atomic E-state index is 13.0. The Kier molecular flexibility index (Phi) is 7.64. The highest BCUT2D eigenvalue weighted by atomic mass is 16.5. The summed E-state index contributed by atoms with van der Waals surface area (Å²) in [6.07, 6.45) is 4.12. The van der Waals surface area contributed by atoms with Gasteiger partial charge in [0.25, 0.3) is 0 Å². The lowest BCUT2D eigenvalue weighted by Crippen LogP contribution is -2.40. The molecule has 0 aliphatic heterocycles. The van der Waals surface area contributed by atoms with Crippen LogP contribution in [-0.4, -0.2) is 36.9 Å². The highest BCUT2D eigenvalue weighted by molar-refractivity contribution is 5.99. The Hall–Kier alpha value is -2.86. The fourth-order valence-corrected chi connectivity index (χ4v) is 3.90. The van der Waals surface area contributed by atoms with Crippen LogP contribution in [0, 0.1) is 11.8 Å². The molecule has 0 saturated heterocycles. The third-order valence-electron chi connectivity index (χ3n) is 5.24. The van der Waals surface area contributed by atoms with Crippen LogP contribution in [-0.2, 0) is 9.53 Å². The minimum atomic E-state index is -0.938. The number of carboxylic acids is 1. The summed E-state index contributed by atoms with van der Waals surface area (Å²) in [4.78, 5) is 25.3. The van der Waals surface area contributed by atoms with Gasteiger partial charge in [-0.25, -0.2) is 9.59 Å². The Morgan fingerprint density at radius 1 is 0.966 bits per heavy atom. The molecule has 2 amide bonds. The standard InChI is InChI=1S/C23H28N2O4/c26-22(27)17-29-16-19-9-7-8-18(14-19)15-24-23(28)25(20-10-3-1-4-11-20)21-12-5-2-6-13-21/h1-6,10-13,18-19H,7-9,14-17H2,(H,24,28)(H,26,27). The number of carbonyl (C=O) groups is 2. The Balaban J connectivity index is 1.58. The zero-order valence-corrected chi connectivity index (χ0v) is 16.5. The van der Waals surface area contributed by atoms with Crippen LogP contribution >= 0.6 is 0 Å². The van der Waals surface area contributed by atoms with E-state index in [1.54, 1.807) is 4.90 Å². The van der Waals surface area contributed by atoms with Crippen LogP contribution in [0.2, 0.25) is 0 Å². The Labute approximate surface area is 171 Å². The summed E-state index contributed by atoms with van der Waals surface area (Å²) < 4.78 is 5.27. The molecule has 2 aromatic carbocycles. The number of benzene rings is 2. The number of carboxylic acid groups (broad SMARTS) is 1. The number of urea groups is 1. The van der Waals surface area contributed by atoms with E-state index in [2.05, 4.69) is 5.32 Å². The molecule has 2 N–H and O–H groups in total. The van der Waals surface area contributed by atoms with Gasteiger partial charge in [-0.2, -0.15) is 0 Å². The number of nitrogens with one attached hydrogen (secondary N) is 1. The van der Waals surface area contributed by atoms with Crippen molar-refractivity contribution in [1.82, 2.24) is 5.32 Å². The second-order valence-electron chi connectivity index (χ2n) is 7.50. The number of para-hydroxylation sites is 2. The molecule has 0 radical (unpaired) electrons. The zero-order chi connectivity index (χ0) is 20.5. The second kappa shape index (κ2) is 10.6. The van der Waals surface area contributed by atoms with E-state index in [0.717, 1.165) is 37.1 Å². The smallest absolute Gasteiger partial charge is 0.329 e. The van der Waals surface area contributed by atoms with E-state index >= 15 is 0 Å². The first-order valence-electron chi connectivity index (χ1n) is 10.1. The van der Waals surface area contributed by atoms with E-state index in [9.17, 15) is 9.59 Å². The van der Waals surface area contributed by atoms with Crippen LogP contribution in [0.5, 0.6) is 0 Å². The van der Waals surface area contributed by atoms with Gasteiger partial charge in [-0.15, -0.1) is 0 Å². The number of anilines is 2. The quantitative estimate of drug-likeness (QED) is 0.691. The summed E-state index contributed by atoms with van der Waals surface area (Å²) >= 11 is 0. The van der Waals surface area contributed by atoms with Gasteiger partial charge < -0.3 is 15.2 Å². The van der Waals surface area contributed by atoms with Gasteiger partial charge >= 0.3 is 12.0 Å². The summed E-state index contributed by atoms with van der Waals surface area (Å²) in [5, 5.41) is 11.8. The van der Waals surface area contributed by atoms with Crippen LogP contribution in [0.15, 0.2) is 60.7 Å². The Bertz CT molecular complexity index is 742. The molecular weight excluding hydrogens is 368 g/mol. The molecule has 0 aromatic heterocycles. The van der Waals surface area contributed by atoms with Gasteiger partial charge in [-0.1, -0.05) is 42.8 Å². The third kappa shape index (κ3) is 6.32. The van der Waals surface area contributed by atoms with Gasteiger partial charge in [-0.3, -0.25) is 4.90 Å². The number of amides is 2. The summed E-state index contributed by atoms with van der Waals surface area (Å²) in [5.74, 6) is -0.213. The number of nitrogens with zero attached hydrogens (tertiary/aromatic N) is 1. The van der Waals surface area contributed by atoms with Gasteiger partial charge in [0.2, 0.25) is 0 Å². The van der Waals surface area contributed by atoms with Crippen LogP contribution in [0.3, 0.4) is 0 Å². The van der Waals surface area contributed by atoms with Crippen LogP contribution in [0.1, 0.15) is 25.7 Å². The number of carbonyl (C=O) groups excluding carboxylic acids is 1. The average Bonchev–Trinajstić information content (AvgIpc) is 2.74. The lowest BCUT2D eigenvalue weighted by molar-refractivity contribution is -0.142. The van der Waals surface area contributed by atoms with Crippen LogP contribution < -0.4 is 10.2 Å². The summed E-state index contributed by atoms with van der Waals surface area (Å²) in [6, 6.07) is 19.1. The molecule has 3 rings (SSSR count). The van der Waals surface area contributed by atoms with Gasteiger partial charge in [0.1, 0.15) is 6.61 Å². The summed E-state index contributed by atoms with van der Waals surface area (Å²) in [6.45, 7) is 0.822. The van der Waals surface area contributed by atoms with Gasteiger partial charge in [0.05, 0.1) is 18.0 Å². The molecule has 0 heterocycles. The van der Waals surface area contributed by atoms with E-state index in [1.165, 1.54) is 0 Å². The Morgan fingerprint density at radius 2 is 1.55 bits per heavy atom. The summed E-state index contributed by atoms with van der Waals surface area (Å²) in [5.41, 5.74) is 1.64. The van der Waals surface area contributed by atoms with E-state index in [1.807, 2.05) is 60.7 Å². The molecule has 6 heteroatoms. The maximum atomic E-state index is 13.0. The van der Waals surface area contributed by atoms with Gasteiger partial charge in [-0.05, 0) is 55.4 Å². The lowest BCUT2D eigenvalue weighted by Gasteiger charge is -2.30. The topological polar surface area (TPSA) is 78.9 Å². The number of rotatable bonds is 8. The number of hydrogen-bond acceptors (Lipinski definition) is 3. The molecule has 0 spiro atoms. The SMILES string of the molecule is O=C(O)COCC1CCCC(CNC(=O)N(c2ccccc2)c2ccccc2)C1. The normalized spacial score (nSPS) is 18.8. The van der Waals surface area contributed by atoms with E-state index in [0.29, 0.717) is 25.0 Å². The van der Waals surface area contributed by atoms with Crippen molar-refractivity contribution in [1.29, 1.82) is 0 Å². The lowest BCUT2D eigenvalue weighted by atomic mass is 9.82. The highest BCUT2D eigenvalue weighted by Crippen LogP contribution is 2.29. The first-order valence-corrected chi connectivity index (χ1v) is 10.1. The second-order valence-corrected chi connectivity index (χ2v) is 7.50. The monoisotopic (exact) mass is 396 g/mol. The predicted molar refractivity (Wildman–Crippen MR) is 112 cm³/mol. The average molecular weight is 396 g/mol. The first kappa shape index (κ1) is 20.9. The fourth-order valence-electron chi connectivity index (χ4n) is 3.90. The van der Waals surface area contributed by atoms with Gasteiger partial charge in [0, 0.05) is 6.54 Å². The third-order valence-corrected chi connectivity index (χ3v) is 5.24. The minimum Gasteiger partial charge on any atom is -0.480 e. The molecule has 29 heavy (non-hydrogen) atoms. The van der Waals surface area contributed by atoms with Crippen molar-refractivity contribution in [2.24, 2.45) is 11.8 Å². The van der Waals surface area contributed by atoms with Crippen molar-refractivity contribution >= 4 is 23.4 Å². The van der Waals surface area contributed by atoms with Crippen molar-refractivity contribution in [2.45, 2.75) is 25.7 Å². The fraction of sp³-hybridized carbons (Fsp3) is 0.391. The molecule has 2 unspecified atom stereocenters.